The molecule has 0 atom stereocenters. The maximum Gasteiger partial charge on any atom is 0.193 e. The molecule has 0 saturated carbocycles. The number of morpholine rings is 1. The fourth-order valence-electron chi connectivity index (χ4n) is 2.91. The molecule has 1 heterocycles. The zero-order valence-electron chi connectivity index (χ0n) is 13.8. The summed E-state index contributed by atoms with van der Waals surface area (Å²) < 4.78 is 5.37. The van der Waals surface area contributed by atoms with Crippen LogP contribution in [0.5, 0.6) is 0 Å². The van der Waals surface area contributed by atoms with Crippen LogP contribution >= 0.6 is 0 Å². The van der Waals surface area contributed by atoms with Gasteiger partial charge in [-0.2, -0.15) is 0 Å². The summed E-state index contributed by atoms with van der Waals surface area (Å²) in [5, 5.41) is 0. The average Bonchev–Trinajstić information content (AvgIpc) is 2.58. The van der Waals surface area contributed by atoms with Gasteiger partial charge in [-0.25, -0.2) is 0 Å². The molecule has 1 aliphatic rings. The van der Waals surface area contributed by atoms with E-state index in [0.717, 1.165) is 55.1 Å². The lowest BCUT2D eigenvalue weighted by Crippen LogP contribution is -2.35. The van der Waals surface area contributed by atoms with Gasteiger partial charge in [0, 0.05) is 30.8 Å². The minimum Gasteiger partial charge on any atom is -0.379 e. The summed E-state index contributed by atoms with van der Waals surface area (Å²) in [6.07, 6.45) is 0. The van der Waals surface area contributed by atoms with Crippen molar-refractivity contribution in [2.24, 2.45) is 0 Å². The van der Waals surface area contributed by atoms with Crippen LogP contribution in [-0.4, -0.2) is 37.0 Å². The van der Waals surface area contributed by atoms with Crippen molar-refractivity contribution in [2.45, 2.75) is 20.4 Å². The number of hydrogen-bond acceptors (Lipinski definition) is 3. The van der Waals surface area contributed by atoms with E-state index >= 15 is 0 Å². The highest BCUT2D eigenvalue weighted by Gasteiger charge is 2.13. The molecule has 23 heavy (non-hydrogen) atoms. The second-order valence-corrected chi connectivity index (χ2v) is 6.23. The van der Waals surface area contributed by atoms with Crippen molar-refractivity contribution in [3.63, 3.8) is 0 Å². The molecule has 0 unspecified atom stereocenters. The smallest absolute Gasteiger partial charge is 0.193 e. The van der Waals surface area contributed by atoms with Crippen LogP contribution in [0.1, 0.15) is 32.6 Å². The van der Waals surface area contributed by atoms with Crippen molar-refractivity contribution in [2.75, 3.05) is 26.3 Å². The van der Waals surface area contributed by atoms with Crippen LogP contribution in [0, 0.1) is 13.8 Å². The van der Waals surface area contributed by atoms with E-state index in [4.69, 9.17) is 4.74 Å². The predicted octanol–water partition coefficient (Wildman–Crippen LogP) is 3.37. The second kappa shape index (κ2) is 7.07. The molecule has 1 fully saturated rings. The van der Waals surface area contributed by atoms with E-state index in [9.17, 15) is 4.79 Å². The van der Waals surface area contributed by atoms with Crippen LogP contribution in [0.3, 0.4) is 0 Å². The zero-order chi connectivity index (χ0) is 16.2. The van der Waals surface area contributed by atoms with Crippen molar-refractivity contribution >= 4 is 5.78 Å². The number of ether oxygens (including phenoxy) is 1. The predicted molar refractivity (Wildman–Crippen MR) is 91.9 cm³/mol. The summed E-state index contributed by atoms with van der Waals surface area (Å²) in [6.45, 7) is 8.49. The third kappa shape index (κ3) is 3.87. The molecule has 1 saturated heterocycles. The number of hydrogen-bond donors (Lipinski definition) is 0. The second-order valence-electron chi connectivity index (χ2n) is 6.23. The first-order valence-corrected chi connectivity index (χ1v) is 8.14. The lowest BCUT2D eigenvalue weighted by molar-refractivity contribution is 0.0342. The Morgan fingerprint density at radius 3 is 2.43 bits per heavy atom. The number of carbonyl (C=O) groups is 1. The van der Waals surface area contributed by atoms with Crippen molar-refractivity contribution in [3.05, 3.63) is 70.3 Å². The zero-order valence-corrected chi connectivity index (χ0v) is 13.8. The van der Waals surface area contributed by atoms with Gasteiger partial charge in [-0.3, -0.25) is 9.69 Å². The van der Waals surface area contributed by atoms with Gasteiger partial charge < -0.3 is 4.74 Å². The molecular weight excluding hydrogens is 286 g/mol. The number of ketones is 1. The fraction of sp³-hybridized carbons (Fsp3) is 0.350. The van der Waals surface area contributed by atoms with E-state index in [1.54, 1.807) is 0 Å². The highest BCUT2D eigenvalue weighted by atomic mass is 16.5. The molecule has 0 radical (unpaired) electrons. The molecule has 0 aromatic heterocycles. The van der Waals surface area contributed by atoms with E-state index in [-0.39, 0.29) is 5.78 Å². The lowest BCUT2D eigenvalue weighted by Gasteiger charge is -2.26. The molecule has 3 nitrogen and oxygen atoms in total. The minimum atomic E-state index is 0.101. The van der Waals surface area contributed by atoms with Crippen LogP contribution in [0.15, 0.2) is 42.5 Å². The van der Waals surface area contributed by atoms with Gasteiger partial charge in [-0.15, -0.1) is 0 Å². The monoisotopic (exact) mass is 309 g/mol. The summed E-state index contributed by atoms with van der Waals surface area (Å²) in [6, 6.07) is 14.0. The molecular formula is C20H23NO2. The third-order valence-corrected chi connectivity index (χ3v) is 4.36. The first kappa shape index (κ1) is 15.9. The SMILES string of the molecule is Cc1ccc(C)c(C(=O)c2ccc(CN3CCOCC3)cc2)c1. The fourth-order valence-corrected chi connectivity index (χ4v) is 2.91. The van der Waals surface area contributed by atoms with Gasteiger partial charge in [-0.05, 0) is 31.0 Å². The van der Waals surface area contributed by atoms with Crippen LogP contribution in [0.25, 0.3) is 0 Å². The standard InChI is InChI=1S/C20H23NO2/c1-15-3-4-16(2)19(13-15)20(22)18-7-5-17(6-8-18)14-21-9-11-23-12-10-21/h3-8,13H,9-12,14H2,1-2H3. The molecule has 0 N–H and O–H groups in total. The number of benzene rings is 2. The van der Waals surface area contributed by atoms with E-state index in [2.05, 4.69) is 17.0 Å². The molecule has 2 aromatic carbocycles. The highest BCUT2D eigenvalue weighted by Crippen LogP contribution is 2.17. The topological polar surface area (TPSA) is 29.5 Å². The Morgan fingerprint density at radius 1 is 1.04 bits per heavy atom. The highest BCUT2D eigenvalue weighted by molar-refractivity contribution is 6.10. The van der Waals surface area contributed by atoms with Gasteiger partial charge in [0.2, 0.25) is 0 Å². The van der Waals surface area contributed by atoms with Gasteiger partial charge in [-0.1, -0.05) is 42.0 Å². The quantitative estimate of drug-likeness (QED) is 0.811. The van der Waals surface area contributed by atoms with E-state index in [1.165, 1.54) is 5.56 Å². The number of nitrogens with zero attached hydrogens (tertiary/aromatic N) is 1. The summed E-state index contributed by atoms with van der Waals surface area (Å²) in [4.78, 5) is 15.1. The van der Waals surface area contributed by atoms with Gasteiger partial charge >= 0.3 is 0 Å². The van der Waals surface area contributed by atoms with Gasteiger partial charge in [0.05, 0.1) is 13.2 Å². The molecule has 3 rings (SSSR count). The molecule has 3 heteroatoms. The summed E-state index contributed by atoms with van der Waals surface area (Å²) >= 11 is 0. The van der Waals surface area contributed by atoms with Crippen molar-refractivity contribution in [1.29, 1.82) is 0 Å². The Labute approximate surface area is 137 Å². The van der Waals surface area contributed by atoms with Gasteiger partial charge in [0.15, 0.2) is 5.78 Å². The first-order chi connectivity index (χ1) is 11.1. The Balaban J connectivity index is 1.73. The van der Waals surface area contributed by atoms with Gasteiger partial charge in [0.25, 0.3) is 0 Å². The Morgan fingerprint density at radius 2 is 1.74 bits per heavy atom. The summed E-state index contributed by atoms with van der Waals surface area (Å²) in [5.74, 6) is 0.101. The van der Waals surface area contributed by atoms with Crippen LogP contribution in [-0.2, 0) is 11.3 Å². The van der Waals surface area contributed by atoms with E-state index in [1.807, 2.05) is 44.2 Å². The van der Waals surface area contributed by atoms with Gasteiger partial charge in [0.1, 0.15) is 0 Å². The van der Waals surface area contributed by atoms with E-state index in [0.29, 0.717) is 0 Å². The van der Waals surface area contributed by atoms with Crippen molar-refractivity contribution < 1.29 is 9.53 Å². The lowest BCUT2D eigenvalue weighted by atomic mass is 9.97. The molecule has 0 bridgehead atoms. The van der Waals surface area contributed by atoms with Crippen LogP contribution < -0.4 is 0 Å². The van der Waals surface area contributed by atoms with E-state index < -0.39 is 0 Å². The first-order valence-electron chi connectivity index (χ1n) is 8.14. The Bertz CT molecular complexity index is 685. The summed E-state index contributed by atoms with van der Waals surface area (Å²) in [7, 11) is 0. The Hall–Kier alpha value is -1.97. The largest absolute Gasteiger partial charge is 0.379 e. The molecule has 0 amide bonds. The van der Waals surface area contributed by atoms with Crippen molar-refractivity contribution in [1.82, 2.24) is 4.90 Å². The maximum absolute atomic E-state index is 12.7. The molecule has 2 aromatic rings. The molecule has 1 aliphatic heterocycles. The molecule has 0 aliphatic carbocycles. The average molecular weight is 309 g/mol. The molecule has 0 spiro atoms. The van der Waals surface area contributed by atoms with Crippen molar-refractivity contribution in [3.8, 4) is 0 Å². The van der Waals surface area contributed by atoms with Crippen LogP contribution in [0.2, 0.25) is 0 Å². The number of rotatable bonds is 4. The maximum atomic E-state index is 12.7. The Kier molecular flexibility index (Phi) is 4.89. The normalized spacial score (nSPS) is 15.6. The number of aryl methyl sites for hydroxylation is 2. The van der Waals surface area contributed by atoms with Crippen LogP contribution in [0.4, 0.5) is 0 Å². The minimum absolute atomic E-state index is 0.101. The third-order valence-electron chi connectivity index (χ3n) is 4.36. The summed E-state index contributed by atoms with van der Waals surface area (Å²) in [5.41, 5.74) is 4.93. The number of carbonyl (C=O) groups excluding carboxylic acids is 1. The molecule has 120 valence electrons.